The Hall–Kier alpha value is -2.01. The molecule has 0 saturated heterocycles. The zero-order valence-corrected chi connectivity index (χ0v) is 10.9. The van der Waals surface area contributed by atoms with Gasteiger partial charge < -0.3 is 10.5 Å². The standard InChI is InChI=1S/C15H14F3NO/c1-9(19)13-5-4-12(17)7-15(13)20-8-10-2-3-11(16)6-14(10)18/h2-7,9H,8,19H2,1H3/t9-/m1/s1. The lowest BCUT2D eigenvalue weighted by molar-refractivity contribution is 0.293. The predicted octanol–water partition coefficient (Wildman–Crippen LogP) is 3.70. The van der Waals surface area contributed by atoms with Crippen LogP contribution < -0.4 is 10.5 Å². The molecule has 0 bridgehead atoms. The Bertz CT molecular complexity index is 614. The molecule has 2 aromatic rings. The largest absolute Gasteiger partial charge is 0.488 e. The fraction of sp³-hybridized carbons (Fsp3) is 0.200. The number of rotatable bonds is 4. The van der Waals surface area contributed by atoms with E-state index >= 15 is 0 Å². The fourth-order valence-corrected chi connectivity index (χ4v) is 1.80. The lowest BCUT2D eigenvalue weighted by Gasteiger charge is -2.14. The molecule has 1 atom stereocenters. The molecule has 106 valence electrons. The zero-order valence-electron chi connectivity index (χ0n) is 10.9. The van der Waals surface area contributed by atoms with Crippen molar-refractivity contribution in [2.45, 2.75) is 19.6 Å². The maximum absolute atomic E-state index is 13.5. The molecule has 0 radical (unpaired) electrons. The Morgan fingerprint density at radius 1 is 1.05 bits per heavy atom. The summed E-state index contributed by atoms with van der Waals surface area (Å²) in [4.78, 5) is 0. The molecule has 0 amide bonds. The lowest BCUT2D eigenvalue weighted by atomic mass is 10.1. The summed E-state index contributed by atoms with van der Waals surface area (Å²) in [7, 11) is 0. The normalized spacial score (nSPS) is 12.2. The van der Waals surface area contributed by atoms with Crippen LogP contribution >= 0.6 is 0 Å². The monoisotopic (exact) mass is 281 g/mol. The Kier molecular flexibility index (Phi) is 4.29. The van der Waals surface area contributed by atoms with Gasteiger partial charge in [0.2, 0.25) is 0 Å². The van der Waals surface area contributed by atoms with Crippen LogP contribution in [0.3, 0.4) is 0 Å². The first-order valence-corrected chi connectivity index (χ1v) is 6.09. The molecular formula is C15H14F3NO. The SMILES string of the molecule is C[C@@H](N)c1ccc(F)cc1OCc1ccc(F)cc1F. The highest BCUT2D eigenvalue weighted by Gasteiger charge is 2.11. The van der Waals surface area contributed by atoms with Crippen LogP contribution in [-0.4, -0.2) is 0 Å². The van der Waals surface area contributed by atoms with Gasteiger partial charge in [0.25, 0.3) is 0 Å². The molecule has 0 saturated carbocycles. The van der Waals surface area contributed by atoms with Crippen molar-refractivity contribution in [1.29, 1.82) is 0 Å². The van der Waals surface area contributed by atoms with Gasteiger partial charge in [0, 0.05) is 29.3 Å². The maximum Gasteiger partial charge on any atom is 0.132 e. The summed E-state index contributed by atoms with van der Waals surface area (Å²) in [5, 5.41) is 0. The third kappa shape index (κ3) is 3.30. The van der Waals surface area contributed by atoms with Crippen molar-refractivity contribution in [1.82, 2.24) is 0 Å². The van der Waals surface area contributed by atoms with Crippen molar-refractivity contribution in [2.75, 3.05) is 0 Å². The zero-order chi connectivity index (χ0) is 14.7. The Morgan fingerprint density at radius 2 is 1.70 bits per heavy atom. The molecule has 0 fully saturated rings. The van der Waals surface area contributed by atoms with Crippen LogP contribution in [0.2, 0.25) is 0 Å². The molecule has 5 heteroatoms. The molecular weight excluding hydrogens is 267 g/mol. The number of halogens is 3. The lowest BCUT2D eigenvalue weighted by Crippen LogP contribution is -2.09. The number of ether oxygens (including phenoxy) is 1. The smallest absolute Gasteiger partial charge is 0.132 e. The second-order valence-electron chi connectivity index (χ2n) is 4.50. The van der Waals surface area contributed by atoms with Gasteiger partial charge in [0.15, 0.2) is 0 Å². The van der Waals surface area contributed by atoms with E-state index in [0.717, 1.165) is 12.1 Å². The first-order chi connectivity index (χ1) is 9.47. The van der Waals surface area contributed by atoms with E-state index < -0.39 is 17.5 Å². The quantitative estimate of drug-likeness (QED) is 0.927. The summed E-state index contributed by atoms with van der Waals surface area (Å²) in [6.07, 6.45) is 0. The maximum atomic E-state index is 13.5. The van der Waals surface area contributed by atoms with Crippen molar-refractivity contribution in [2.24, 2.45) is 5.73 Å². The van der Waals surface area contributed by atoms with Gasteiger partial charge in [-0.2, -0.15) is 0 Å². The predicted molar refractivity (Wildman–Crippen MR) is 69.7 cm³/mol. The van der Waals surface area contributed by atoms with Gasteiger partial charge in [-0.15, -0.1) is 0 Å². The van der Waals surface area contributed by atoms with Crippen molar-refractivity contribution in [3.8, 4) is 5.75 Å². The van der Waals surface area contributed by atoms with E-state index in [1.165, 1.54) is 24.3 Å². The van der Waals surface area contributed by atoms with E-state index in [2.05, 4.69) is 0 Å². The summed E-state index contributed by atoms with van der Waals surface area (Å²) in [5.41, 5.74) is 6.56. The van der Waals surface area contributed by atoms with Gasteiger partial charge in [-0.25, -0.2) is 13.2 Å². The highest BCUT2D eigenvalue weighted by atomic mass is 19.1. The highest BCUT2D eigenvalue weighted by molar-refractivity contribution is 5.36. The summed E-state index contributed by atoms with van der Waals surface area (Å²) < 4.78 is 44.9. The molecule has 0 aliphatic rings. The topological polar surface area (TPSA) is 35.2 Å². The van der Waals surface area contributed by atoms with Crippen LogP contribution in [-0.2, 0) is 6.61 Å². The van der Waals surface area contributed by atoms with Gasteiger partial charge in [-0.3, -0.25) is 0 Å². The van der Waals surface area contributed by atoms with Crippen molar-refractivity contribution in [3.05, 3.63) is 65.0 Å². The van der Waals surface area contributed by atoms with E-state index in [9.17, 15) is 13.2 Å². The molecule has 0 aromatic heterocycles. The fourth-order valence-electron chi connectivity index (χ4n) is 1.80. The molecule has 0 unspecified atom stereocenters. The van der Waals surface area contributed by atoms with Crippen molar-refractivity contribution >= 4 is 0 Å². The van der Waals surface area contributed by atoms with Crippen molar-refractivity contribution in [3.63, 3.8) is 0 Å². The number of benzene rings is 2. The van der Waals surface area contributed by atoms with Gasteiger partial charge >= 0.3 is 0 Å². The van der Waals surface area contributed by atoms with E-state index in [4.69, 9.17) is 10.5 Å². The Balaban J connectivity index is 2.20. The third-order valence-electron chi connectivity index (χ3n) is 2.86. The number of hydrogen-bond acceptors (Lipinski definition) is 2. The van der Waals surface area contributed by atoms with E-state index in [0.29, 0.717) is 5.56 Å². The van der Waals surface area contributed by atoms with Crippen molar-refractivity contribution < 1.29 is 17.9 Å². The molecule has 0 heterocycles. The van der Waals surface area contributed by atoms with Gasteiger partial charge in [-0.05, 0) is 25.1 Å². The summed E-state index contributed by atoms with van der Waals surface area (Å²) in [6.45, 7) is 1.61. The molecule has 0 spiro atoms. The van der Waals surface area contributed by atoms with Crippen LogP contribution in [0.5, 0.6) is 5.75 Å². The van der Waals surface area contributed by atoms with Crippen LogP contribution in [0.15, 0.2) is 36.4 Å². The van der Waals surface area contributed by atoms with Crippen LogP contribution in [0.25, 0.3) is 0 Å². The molecule has 2 aromatic carbocycles. The minimum absolute atomic E-state index is 0.130. The summed E-state index contributed by atoms with van der Waals surface area (Å²) in [5.74, 6) is -1.58. The molecule has 0 aliphatic carbocycles. The van der Waals surface area contributed by atoms with Crippen LogP contribution in [0.1, 0.15) is 24.1 Å². The van der Waals surface area contributed by atoms with E-state index in [1.54, 1.807) is 6.92 Å². The van der Waals surface area contributed by atoms with E-state index in [1.807, 2.05) is 0 Å². The molecule has 0 aliphatic heterocycles. The third-order valence-corrected chi connectivity index (χ3v) is 2.86. The molecule has 2 rings (SSSR count). The van der Waals surface area contributed by atoms with E-state index in [-0.39, 0.29) is 24.0 Å². The number of hydrogen-bond donors (Lipinski definition) is 1. The first-order valence-electron chi connectivity index (χ1n) is 6.09. The average molecular weight is 281 g/mol. The Morgan fingerprint density at radius 3 is 2.35 bits per heavy atom. The molecule has 2 N–H and O–H groups in total. The number of nitrogens with two attached hydrogens (primary N) is 1. The van der Waals surface area contributed by atoms with Crippen LogP contribution in [0, 0.1) is 17.5 Å². The average Bonchev–Trinajstić information content (AvgIpc) is 2.37. The Labute approximate surface area is 115 Å². The summed E-state index contributed by atoms with van der Waals surface area (Å²) >= 11 is 0. The van der Waals surface area contributed by atoms with Gasteiger partial charge in [-0.1, -0.05) is 6.07 Å². The van der Waals surface area contributed by atoms with Gasteiger partial charge in [0.1, 0.15) is 29.8 Å². The minimum Gasteiger partial charge on any atom is -0.488 e. The van der Waals surface area contributed by atoms with Gasteiger partial charge in [0.05, 0.1) is 0 Å². The molecule has 2 nitrogen and oxygen atoms in total. The van der Waals surface area contributed by atoms with Crippen LogP contribution in [0.4, 0.5) is 13.2 Å². The highest BCUT2D eigenvalue weighted by Crippen LogP contribution is 2.26. The second kappa shape index (κ2) is 5.96. The second-order valence-corrected chi connectivity index (χ2v) is 4.50. The summed E-state index contributed by atoms with van der Waals surface area (Å²) in [6, 6.07) is 6.86. The first kappa shape index (κ1) is 14.4. The molecule has 20 heavy (non-hydrogen) atoms. The minimum atomic E-state index is -0.705.